The first-order valence-electron chi connectivity index (χ1n) is 6.10. The molecule has 1 aromatic carbocycles. The van der Waals surface area contributed by atoms with Crippen molar-refractivity contribution in [2.75, 3.05) is 6.61 Å². The molecule has 5 heteroatoms. The molecule has 2 rings (SSSR count). The molecule has 0 aliphatic rings. The highest BCUT2D eigenvalue weighted by atomic mass is 32.1. The zero-order chi connectivity index (χ0) is 13.7. The van der Waals surface area contributed by atoms with E-state index in [1.807, 2.05) is 37.3 Å². The van der Waals surface area contributed by atoms with Gasteiger partial charge in [0.1, 0.15) is 10.6 Å². The fourth-order valence-corrected chi connectivity index (χ4v) is 2.66. The number of hydrogen-bond acceptors (Lipinski definition) is 4. The summed E-state index contributed by atoms with van der Waals surface area (Å²) >= 11 is 1.24. The van der Waals surface area contributed by atoms with Gasteiger partial charge in [-0.25, -0.2) is 9.78 Å². The van der Waals surface area contributed by atoms with Crippen molar-refractivity contribution in [2.24, 2.45) is 0 Å². The number of rotatable bonds is 6. The summed E-state index contributed by atoms with van der Waals surface area (Å²) in [4.78, 5) is 15.7. The van der Waals surface area contributed by atoms with Crippen LogP contribution in [0.15, 0.2) is 30.3 Å². The van der Waals surface area contributed by atoms with Crippen LogP contribution in [0, 0.1) is 0 Å². The first-order chi connectivity index (χ1) is 9.20. The lowest BCUT2D eigenvalue weighted by atomic mass is 10.3. The molecule has 1 N–H and O–H groups in total. The van der Waals surface area contributed by atoms with Crippen LogP contribution in [-0.4, -0.2) is 22.7 Å². The van der Waals surface area contributed by atoms with Crippen molar-refractivity contribution in [3.05, 3.63) is 45.9 Å². The summed E-state index contributed by atoms with van der Waals surface area (Å²) in [6.45, 7) is 2.41. The maximum Gasteiger partial charge on any atom is 0.347 e. The van der Waals surface area contributed by atoms with Gasteiger partial charge in [-0.2, -0.15) is 0 Å². The fourth-order valence-electron chi connectivity index (χ4n) is 1.69. The van der Waals surface area contributed by atoms with Crippen molar-refractivity contribution in [2.45, 2.75) is 19.8 Å². The number of nitrogens with zero attached hydrogens (tertiary/aromatic N) is 1. The second-order valence-corrected chi connectivity index (χ2v) is 5.04. The summed E-state index contributed by atoms with van der Waals surface area (Å²) < 4.78 is 5.57. The van der Waals surface area contributed by atoms with E-state index in [1.54, 1.807) is 0 Å². The highest BCUT2D eigenvalue weighted by molar-refractivity contribution is 7.13. The van der Waals surface area contributed by atoms with Crippen molar-refractivity contribution in [1.29, 1.82) is 0 Å². The normalized spacial score (nSPS) is 10.4. The van der Waals surface area contributed by atoms with Crippen LogP contribution in [0.4, 0.5) is 0 Å². The summed E-state index contributed by atoms with van der Waals surface area (Å²) in [5.41, 5.74) is 0.659. The zero-order valence-corrected chi connectivity index (χ0v) is 11.4. The molecule has 0 bridgehead atoms. The van der Waals surface area contributed by atoms with Gasteiger partial charge in [-0.05, 0) is 18.6 Å². The van der Waals surface area contributed by atoms with Crippen LogP contribution in [0.3, 0.4) is 0 Å². The van der Waals surface area contributed by atoms with E-state index in [0.29, 0.717) is 30.0 Å². The number of carboxylic acids is 1. The highest BCUT2D eigenvalue weighted by Gasteiger charge is 2.15. The van der Waals surface area contributed by atoms with Gasteiger partial charge >= 0.3 is 5.97 Å². The molecule has 4 nitrogen and oxygen atoms in total. The monoisotopic (exact) mass is 277 g/mol. The van der Waals surface area contributed by atoms with Gasteiger partial charge in [-0.3, -0.25) is 0 Å². The van der Waals surface area contributed by atoms with Gasteiger partial charge in [0.2, 0.25) is 0 Å². The molecule has 0 radical (unpaired) electrons. The number of carbonyl (C=O) groups is 1. The maximum atomic E-state index is 11.0. The standard InChI is InChI=1S/C14H15NO3S/c1-2-11-13(14(16)17)19-12(15-11)8-9-18-10-6-4-3-5-7-10/h3-7H,2,8-9H2,1H3,(H,16,17). The Balaban J connectivity index is 1.95. The minimum atomic E-state index is -0.899. The lowest BCUT2D eigenvalue weighted by Gasteiger charge is -2.03. The Bertz CT molecular complexity index is 551. The Morgan fingerprint density at radius 3 is 2.68 bits per heavy atom. The summed E-state index contributed by atoms with van der Waals surface area (Å²) in [5, 5.41) is 9.86. The van der Waals surface area contributed by atoms with E-state index in [-0.39, 0.29) is 0 Å². The van der Waals surface area contributed by atoms with E-state index in [1.165, 1.54) is 11.3 Å². The van der Waals surface area contributed by atoms with Crippen LogP contribution in [0.2, 0.25) is 0 Å². The van der Waals surface area contributed by atoms with E-state index in [0.717, 1.165) is 10.8 Å². The zero-order valence-electron chi connectivity index (χ0n) is 10.6. The molecular formula is C14H15NO3S. The third-order valence-electron chi connectivity index (χ3n) is 2.60. The Kier molecular flexibility index (Phi) is 4.52. The number of aromatic carboxylic acids is 1. The topological polar surface area (TPSA) is 59.4 Å². The summed E-state index contributed by atoms with van der Waals surface area (Å²) in [7, 11) is 0. The van der Waals surface area contributed by atoms with Crippen molar-refractivity contribution < 1.29 is 14.6 Å². The van der Waals surface area contributed by atoms with Gasteiger partial charge in [-0.15, -0.1) is 11.3 Å². The average molecular weight is 277 g/mol. The smallest absolute Gasteiger partial charge is 0.347 e. The quantitative estimate of drug-likeness (QED) is 0.881. The summed E-state index contributed by atoms with van der Waals surface area (Å²) in [5.74, 6) is -0.0854. The molecule has 0 spiro atoms. The number of para-hydroxylation sites is 1. The Morgan fingerprint density at radius 2 is 2.11 bits per heavy atom. The van der Waals surface area contributed by atoms with Crippen molar-refractivity contribution in [3.8, 4) is 5.75 Å². The Hall–Kier alpha value is -1.88. The van der Waals surface area contributed by atoms with Crippen LogP contribution >= 0.6 is 11.3 Å². The van der Waals surface area contributed by atoms with Crippen LogP contribution in [-0.2, 0) is 12.8 Å². The first-order valence-corrected chi connectivity index (χ1v) is 6.92. The SMILES string of the molecule is CCc1nc(CCOc2ccccc2)sc1C(=O)O. The molecule has 0 aliphatic carbocycles. The number of benzene rings is 1. The van der Waals surface area contributed by atoms with Crippen LogP contribution < -0.4 is 4.74 Å². The van der Waals surface area contributed by atoms with E-state index in [4.69, 9.17) is 9.84 Å². The predicted molar refractivity (Wildman–Crippen MR) is 74.1 cm³/mol. The largest absolute Gasteiger partial charge is 0.493 e. The Morgan fingerprint density at radius 1 is 1.37 bits per heavy atom. The fraction of sp³-hybridized carbons (Fsp3) is 0.286. The number of aromatic nitrogens is 1. The number of hydrogen-bond donors (Lipinski definition) is 1. The molecular weight excluding hydrogens is 262 g/mol. The van der Waals surface area contributed by atoms with Gasteiger partial charge in [-0.1, -0.05) is 25.1 Å². The van der Waals surface area contributed by atoms with Crippen molar-refractivity contribution in [1.82, 2.24) is 4.98 Å². The van der Waals surface area contributed by atoms with E-state index in [2.05, 4.69) is 4.98 Å². The molecule has 100 valence electrons. The second-order valence-electron chi connectivity index (χ2n) is 3.95. The third-order valence-corrected chi connectivity index (χ3v) is 3.74. The van der Waals surface area contributed by atoms with Gasteiger partial charge in [0.05, 0.1) is 17.3 Å². The molecule has 0 saturated heterocycles. The maximum absolute atomic E-state index is 11.0. The van der Waals surface area contributed by atoms with Gasteiger partial charge < -0.3 is 9.84 Å². The lowest BCUT2D eigenvalue weighted by Crippen LogP contribution is -2.01. The number of carboxylic acid groups (broad SMARTS) is 1. The second kappa shape index (κ2) is 6.33. The number of thiazole rings is 1. The third kappa shape index (κ3) is 3.54. The van der Waals surface area contributed by atoms with Crippen LogP contribution in [0.5, 0.6) is 5.75 Å². The molecule has 0 unspecified atom stereocenters. The van der Waals surface area contributed by atoms with Gasteiger partial charge in [0.15, 0.2) is 0 Å². The summed E-state index contributed by atoms with van der Waals surface area (Å²) in [6.07, 6.45) is 1.26. The van der Waals surface area contributed by atoms with E-state index < -0.39 is 5.97 Å². The molecule has 0 saturated carbocycles. The molecule has 0 fully saturated rings. The number of ether oxygens (including phenoxy) is 1. The van der Waals surface area contributed by atoms with Crippen molar-refractivity contribution in [3.63, 3.8) is 0 Å². The van der Waals surface area contributed by atoms with E-state index >= 15 is 0 Å². The average Bonchev–Trinajstić information content (AvgIpc) is 2.83. The minimum absolute atomic E-state index is 0.345. The van der Waals surface area contributed by atoms with Crippen LogP contribution in [0.1, 0.15) is 27.3 Å². The van der Waals surface area contributed by atoms with Crippen molar-refractivity contribution >= 4 is 17.3 Å². The minimum Gasteiger partial charge on any atom is -0.493 e. The molecule has 19 heavy (non-hydrogen) atoms. The first kappa shape index (κ1) is 13.5. The van der Waals surface area contributed by atoms with E-state index in [9.17, 15) is 4.79 Å². The Labute approximate surface area is 115 Å². The number of aryl methyl sites for hydroxylation is 1. The lowest BCUT2D eigenvalue weighted by molar-refractivity contribution is 0.0701. The molecule has 2 aromatic rings. The molecule has 1 aromatic heterocycles. The van der Waals surface area contributed by atoms with Gasteiger partial charge in [0, 0.05) is 6.42 Å². The summed E-state index contributed by atoms with van der Waals surface area (Å²) in [6, 6.07) is 9.54. The highest BCUT2D eigenvalue weighted by Crippen LogP contribution is 2.20. The predicted octanol–water partition coefficient (Wildman–Crippen LogP) is 3.03. The molecule has 0 atom stereocenters. The molecule has 0 amide bonds. The van der Waals surface area contributed by atoms with Gasteiger partial charge in [0.25, 0.3) is 0 Å². The molecule has 0 aliphatic heterocycles. The van der Waals surface area contributed by atoms with Crippen LogP contribution in [0.25, 0.3) is 0 Å². The molecule has 1 heterocycles.